The van der Waals surface area contributed by atoms with Gasteiger partial charge in [0.2, 0.25) is 0 Å². The van der Waals surface area contributed by atoms with Crippen molar-refractivity contribution in [2.24, 2.45) is 0 Å². The van der Waals surface area contributed by atoms with E-state index in [0.717, 1.165) is 72.3 Å². The smallest absolute Gasteiger partial charge is 0.160 e. The molecule has 8 rings (SSSR count). The highest BCUT2D eigenvalue weighted by molar-refractivity contribution is 6.12. The summed E-state index contributed by atoms with van der Waals surface area (Å²) in [5.74, 6) is 0.672. The molecular formula is C39H25N3O. The number of furan rings is 1. The Hall–Kier alpha value is -5.87. The van der Waals surface area contributed by atoms with Gasteiger partial charge in [-0.25, -0.2) is 9.97 Å². The van der Waals surface area contributed by atoms with E-state index in [1.165, 1.54) is 0 Å². The largest absolute Gasteiger partial charge is 0.456 e. The van der Waals surface area contributed by atoms with E-state index < -0.39 is 0 Å². The molecule has 0 bridgehead atoms. The molecule has 0 saturated carbocycles. The molecule has 0 aliphatic carbocycles. The molecule has 0 N–H and O–H groups in total. The number of nitrogens with zero attached hydrogens (tertiary/aromatic N) is 3. The molecule has 0 unspecified atom stereocenters. The lowest BCUT2D eigenvalue weighted by atomic mass is 9.95. The molecule has 0 aliphatic heterocycles. The van der Waals surface area contributed by atoms with Crippen molar-refractivity contribution in [3.63, 3.8) is 0 Å². The van der Waals surface area contributed by atoms with Gasteiger partial charge in [-0.1, -0.05) is 97.1 Å². The van der Waals surface area contributed by atoms with Crippen molar-refractivity contribution in [2.75, 3.05) is 0 Å². The third-order valence-electron chi connectivity index (χ3n) is 7.77. The summed E-state index contributed by atoms with van der Waals surface area (Å²) in [5, 5.41) is 2.12. The van der Waals surface area contributed by atoms with Crippen LogP contribution in [0.1, 0.15) is 0 Å². The highest BCUT2D eigenvalue weighted by Gasteiger charge is 2.17. The molecule has 0 fully saturated rings. The number of hydrogen-bond donors (Lipinski definition) is 0. The molecule has 8 aromatic rings. The number of fused-ring (bicyclic) bond motifs is 3. The predicted molar refractivity (Wildman–Crippen MR) is 174 cm³/mol. The predicted octanol–water partition coefficient (Wildman–Crippen LogP) is 10.1. The fourth-order valence-electron chi connectivity index (χ4n) is 5.71. The molecule has 3 aromatic heterocycles. The molecule has 5 aromatic carbocycles. The van der Waals surface area contributed by atoms with Crippen molar-refractivity contribution in [3.05, 3.63) is 152 Å². The topological polar surface area (TPSA) is 51.8 Å². The van der Waals surface area contributed by atoms with Crippen molar-refractivity contribution in [2.45, 2.75) is 0 Å². The Morgan fingerprint density at radius 2 is 1.09 bits per heavy atom. The average Bonchev–Trinajstić information content (AvgIpc) is 3.48. The summed E-state index contributed by atoms with van der Waals surface area (Å²) >= 11 is 0. The van der Waals surface area contributed by atoms with E-state index in [-0.39, 0.29) is 0 Å². The first-order valence-electron chi connectivity index (χ1n) is 14.3. The lowest BCUT2D eigenvalue weighted by Crippen LogP contribution is -1.97. The van der Waals surface area contributed by atoms with Gasteiger partial charge in [-0.3, -0.25) is 4.98 Å². The minimum Gasteiger partial charge on any atom is -0.456 e. The summed E-state index contributed by atoms with van der Waals surface area (Å²) in [7, 11) is 0. The Kier molecular flexibility index (Phi) is 6.08. The summed E-state index contributed by atoms with van der Waals surface area (Å²) in [5.41, 5.74) is 10.7. The van der Waals surface area contributed by atoms with Crippen LogP contribution >= 0.6 is 0 Å². The molecule has 4 heteroatoms. The van der Waals surface area contributed by atoms with E-state index in [9.17, 15) is 0 Å². The minimum absolute atomic E-state index is 0.672. The standard InChI is InChI=1S/C39H25N3O/c1-3-11-26(12-4-1)29-21-30(28-15-10-20-40-25-28)23-31(22-29)34-24-35(42-39(41-34)27-13-5-2-6-14-27)32-17-9-19-37-38(32)33-16-7-8-18-36(33)43-37/h1-25H. The fraction of sp³-hybridized carbons (Fsp3) is 0. The number of benzene rings is 5. The summed E-state index contributed by atoms with van der Waals surface area (Å²) in [6.07, 6.45) is 3.70. The van der Waals surface area contributed by atoms with Crippen molar-refractivity contribution >= 4 is 21.9 Å². The maximum Gasteiger partial charge on any atom is 0.160 e. The number of para-hydroxylation sites is 1. The SMILES string of the molecule is c1ccc(-c2cc(-c3cccnc3)cc(-c3cc(-c4cccc5oc6ccccc6c45)nc(-c4ccccc4)n3)c2)cc1. The van der Waals surface area contributed by atoms with Crippen LogP contribution < -0.4 is 0 Å². The van der Waals surface area contributed by atoms with Gasteiger partial charge in [-0.2, -0.15) is 0 Å². The highest BCUT2D eigenvalue weighted by Crippen LogP contribution is 2.38. The van der Waals surface area contributed by atoms with Gasteiger partial charge in [-0.05, 0) is 59.2 Å². The lowest BCUT2D eigenvalue weighted by molar-refractivity contribution is 0.669. The van der Waals surface area contributed by atoms with Gasteiger partial charge >= 0.3 is 0 Å². The van der Waals surface area contributed by atoms with Gasteiger partial charge in [0, 0.05) is 45.4 Å². The van der Waals surface area contributed by atoms with Gasteiger partial charge in [-0.15, -0.1) is 0 Å². The van der Waals surface area contributed by atoms with Crippen molar-refractivity contribution in [1.29, 1.82) is 0 Å². The Morgan fingerprint density at radius 3 is 1.88 bits per heavy atom. The van der Waals surface area contributed by atoms with Crippen LogP contribution in [0.5, 0.6) is 0 Å². The van der Waals surface area contributed by atoms with Crippen molar-refractivity contribution < 1.29 is 4.42 Å². The van der Waals surface area contributed by atoms with Crippen LogP contribution in [-0.2, 0) is 0 Å². The van der Waals surface area contributed by atoms with Crippen molar-refractivity contribution in [3.8, 4) is 56.2 Å². The summed E-state index contributed by atoms with van der Waals surface area (Å²) in [6, 6.07) is 47.7. The molecular weight excluding hydrogens is 526 g/mol. The molecule has 0 spiro atoms. The number of rotatable bonds is 5. The van der Waals surface area contributed by atoms with Crippen LogP contribution in [0.4, 0.5) is 0 Å². The van der Waals surface area contributed by atoms with Gasteiger partial charge in [0.25, 0.3) is 0 Å². The monoisotopic (exact) mass is 551 g/mol. The molecule has 0 atom stereocenters. The molecule has 0 amide bonds. The maximum absolute atomic E-state index is 6.22. The quantitative estimate of drug-likeness (QED) is 0.214. The van der Waals surface area contributed by atoms with Crippen LogP contribution in [-0.4, -0.2) is 15.0 Å². The normalized spacial score (nSPS) is 11.3. The average molecular weight is 552 g/mol. The van der Waals surface area contributed by atoms with E-state index in [2.05, 4.69) is 83.8 Å². The first-order chi connectivity index (χ1) is 21.3. The van der Waals surface area contributed by atoms with Gasteiger partial charge in [0.1, 0.15) is 11.2 Å². The number of pyridine rings is 1. The van der Waals surface area contributed by atoms with E-state index in [1.54, 1.807) is 6.20 Å². The maximum atomic E-state index is 6.22. The zero-order valence-electron chi connectivity index (χ0n) is 23.2. The summed E-state index contributed by atoms with van der Waals surface area (Å²) in [6.45, 7) is 0. The molecule has 3 heterocycles. The molecule has 202 valence electrons. The first-order valence-corrected chi connectivity index (χ1v) is 14.3. The van der Waals surface area contributed by atoms with E-state index in [1.807, 2.05) is 66.9 Å². The minimum atomic E-state index is 0.672. The van der Waals surface area contributed by atoms with Gasteiger partial charge in [0.05, 0.1) is 11.4 Å². The fourth-order valence-corrected chi connectivity index (χ4v) is 5.71. The van der Waals surface area contributed by atoms with E-state index >= 15 is 0 Å². The van der Waals surface area contributed by atoms with E-state index in [4.69, 9.17) is 14.4 Å². The molecule has 0 aliphatic rings. The first kappa shape index (κ1) is 24.9. The molecule has 0 radical (unpaired) electrons. The second kappa shape index (κ2) is 10.5. The van der Waals surface area contributed by atoms with Gasteiger partial charge in [0.15, 0.2) is 5.82 Å². The second-order valence-electron chi connectivity index (χ2n) is 10.5. The number of hydrogen-bond acceptors (Lipinski definition) is 4. The zero-order chi connectivity index (χ0) is 28.6. The Bertz CT molecular complexity index is 2170. The third kappa shape index (κ3) is 4.65. The zero-order valence-corrected chi connectivity index (χ0v) is 23.2. The van der Waals surface area contributed by atoms with Crippen LogP contribution in [0.3, 0.4) is 0 Å². The van der Waals surface area contributed by atoms with Crippen LogP contribution in [0.15, 0.2) is 156 Å². The Morgan fingerprint density at radius 1 is 0.442 bits per heavy atom. The second-order valence-corrected chi connectivity index (χ2v) is 10.5. The molecule has 0 saturated heterocycles. The van der Waals surface area contributed by atoms with Gasteiger partial charge < -0.3 is 4.42 Å². The highest BCUT2D eigenvalue weighted by atomic mass is 16.3. The molecule has 43 heavy (non-hydrogen) atoms. The van der Waals surface area contributed by atoms with Crippen LogP contribution in [0, 0.1) is 0 Å². The van der Waals surface area contributed by atoms with E-state index in [0.29, 0.717) is 5.82 Å². The summed E-state index contributed by atoms with van der Waals surface area (Å²) < 4.78 is 6.22. The Balaban J connectivity index is 1.40. The van der Waals surface area contributed by atoms with Crippen molar-refractivity contribution in [1.82, 2.24) is 15.0 Å². The molecule has 4 nitrogen and oxygen atoms in total. The summed E-state index contributed by atoms with van der Waals surface area (Å²) in [4.78, 5) is 14.7. The number of aromatic nitrogens is 3. The third-order valence-corrected chi connectivity index (χ3v) is 7.77. The lowest BCUT2D eigenvalue weighted by Gasteiger charge is -2.13. The Labute approximate surface area is 249 Å². The van der Waals surface area contributed by atoms with Crippen LogP contribution in [0.2, 0.25) is 0 Å². The van der Waals surface area contributed by atoms with Crippen LogP contribution in [0.25, 0.3) is 78.1 Å².